The molecule has 0 N–H and O–H groups in total. The lowest BCUT2D eigenvalue weighted by atomic mass is 10.1. The lowest BCUT2D eigenvalue weighted by Gasteiger charge is -2.17. The summed E-state index contributed by atoms with van der Waals surface area (Å²) in [6.45, 7) is 15.5. The fourth-order valence-electron chi connectivity index (χ4n) is 6.85. The molecule has 18 heteroatoms. The van der Waals surface area contributed by atoms with Gasteiger partial charge in [-0.15, -0.1) is 0 Å². The molecular weight excluding hydrogens is 933 g/mol. The lowest BCUT2D eigenvalue weighted by molar-refractivity contribution is -0.138. The molecule has 2 aliphatic heterocycles. The molecule has 4 atom stereocenters. The van der Waals surface area contributed by atoms with Gasteiger partial charge in [0.1, 0.15) is 46.8 Å². The Morgan fingerprint density at radius 1 is 0.583 bits per heavy atom. The van der Waals surface area contributed by atoms with Crippen molar-refractivity contribution in [3.8, 4) is 29.1 Å². The minimum Gasteiger partial charge on any atom is -0.494 e. The number of ether oxygens (including phenoxy) is 10. The molecule has 2 heterocycles. The Hall–Kier alpha value is -8.84. The number of nitrogens with zero attached hydrogens (tertiary/aromatic N) is 2. The van der Waals surface area contributed by atoms with E-state index < -0.39 is 60.2 Å². The molecule has 370 valence electrons. The van der Waals surface area contributed by atoms with Crippen molar-refractivity contribution in [1.82, 2.24) is 0 Å². The number of hydrogen-bond acceptors (Lipinski definition) is 17. The highest BCUT2D eigenvalue weighted by molar-refractivity contribution is 5.99. The van der Waals surface area contributed by atoms with E-state index in [1.165, 1.54) is 60.7 Å². The van der Waals surface area contributed by atoms with Crippen LogP contribution in [0.3, 0.4) is 0 Å². The molecule has 0 amide bonds. The van der Waals surface area contributed by atoms with E-state index in [-0.39, 0.29) is 60.3 Å². The van der Waals surface area contributed by atoms with Crippen LogP contribution in [0, 0.1) is 17.9 Å². The Labute approximate surface area is 414 Å². The average Bonchev–Trinajstić information content (AvgIpc) is 4.00. The van der Waals surface area contributed by atoms with Crippen LogP contribution in [-0.2, 0) is 47.6 Å². The second-order valence-corrected chi connectivity index (χ2v) is 15.6. The van der Waals surface area contributed by atoms with Gasteiger partial charge in [0.25, 0.3) is 5.70 Å². The summed E-state index contributed by atoms with van der Waals surface area (Å²) >= 11 is 0. The standard InChI is InChI=1S/C54H48N2O16/c1-4-47(57)65-28-8-6-26-63-40-18-10-35(11-19-40)30-39(32-55)53(61)69-42-22-14-37(15-23-42)51(59)71-45-33-67-50-46(34-68-49(45)50)72-52(60)38-16-24-43(25-17-38)70-54(62)44(56-3)31-36-12-20-41(21-13-36)64-27-7-9-29-66-48(58)5-2/h4-5,10-25,30-31,45-46,49-50H,1-2,6-9,26-29,33-34H2/b39-30+,44-31-/t45-,46+,49?,50?/m1/s1. The van der Waals surface area contributed by atoms with Crippen molar-refractivity contribution in [2.24, 2.45) is 0 Å². The summed E-state index contributed by atoms with van der Waals surface area (Å²) in [7, 11) is 0. The highest BCUT2D eigenvalue weighted by Crippen LogP contribution is 2.32. The molecule has 0 aliphatic carbocycles. The Morgan fingerprint density at radius 2 is 0.986 bits per heavy atom. The van der Waals surface area contributed by atoms with Gasteiger partial charge in [0.2, 0.25) is 0 Å². The molecule has 2 fully saturated rings. The van der Waals surface area contributed by atoms with Gasteiger partial charge in [-0.1, -0.05) is 37.4 Å². The molecule has 0 bridgehead atoms. The highest BCUT2D eigenvalue weighted by atomic mass is 16.7. The maximum absolute atomic E-state index is 13.1. The van der Waals surface area contributed by atoms with Crippen LogP contribution in [0.25, 0.3) is 17.0 Å². The van der Waals surface area contributed by atoms with Crippen LogP contribution in [-0.4, -0.2) is 99.9 Å². The van der Waals surface area contributed by atoms with Crippen molar-refractivity contribution in [2.45, 2.75) is 50.1 Å². The third kappa shape index (κ3) is 15.6. The van der Waals surface area contributed by atoms with E-state index in [0.717, 1.165) is 12.2 Å². The number of esters is 6. The molecule has 0 radical (unpaired) electrons. The minimum atomic E-state index is -0.908. The number of fused-ring (bicyclic) bond motifs is 1. The summed E-state index contributed by atoms with van der Waals surface area (Å²) in [4.78, 5) is 77.5. The first kappa shape index (κ1) is 52.5. The zero-order valence-electron chi connectivity index (χ0n) is 38.8. The number of carbonyl (C=O) groups is 6. The first-order valence-electron chi connectivity index (χ1n) is 22.5. The van der Waals surface area contributed by atoms with E-state index in [4.69, 9.17) is 53.9 Å². The predicted octanol–water partition coefficient (Wildman–Crippen LogP) is 7.39. The second kappa shape index (κ2) is 26.8. The second-order valence-electron chi connectivity index (χ2n) is 15.6. The zero-order valence-corrected chi connectivity index (χ0v) is 38.8. The molecule has 0 saturated carbocycles. The molecule has 4 aromatic carbocycles. The van der Waals surface area contributed by atoms with Crippen LogP contribution in [0.5, 0.6) is 23.0 Å². The molecule has 6 rings (SSSR count). The molecule has 4 aromatic rings. The van der Waals surface area contributed by atoms with Gasteiger partial charge in [-0.25, -0.2) is 28.8 Å². The quantitative estimate of drug-likeness (QED) is 0.0127. The minimum absolute atomic E-state index is 0.0267. The maximum atomic E-state index is 13.1. The van der Waals surface area contributed by atoms with E-state index in [2.05, 4.69) is 18.0 Å². The molecule has 2 saturated heterocycles. The van der Waals surface area contributed by atoms with E-state index in [1.54, 1.807) is 48.5 Å². The Morgan fingerprint density at radius 3 is 1.40 bits per heavy atom. The monoisotopic (exact) mass is 980 g/mol. The van der Waals surface area contributed by atoms with E-state index >= 15 is 0 Å². The summed E-state index contributed by atoms with van der Waals surface area (Å²) in [5.41, 5.74) is 0.847. The average molecular weight is 981 g/mol. The van der Waals surface area contributed by atoms with Crippen molar-refractivity contribution >= 4 is 48.0 Å². The third-order valence-corrected chi connectivity index (χ3v) is 10.6. The summed E-state index contributed by atoms with van der Waals surface area (Å²) in [5.74, 6) is -2.85. The number of unbranched alkanes of at least 4 members (excludes halogenated alkanes) is 2. The van der Waals surface area contributed by atoms with E-state index in [0.29, 0.717) is 61.5 Å². The van der Waals surface area contributed by atoms with Gasteiger partial charge >= 0.3 is 35.8 Å². The van der Waals surface area contributed by atoms with Crippen LogP contribution in [0.2, 0.25) is 0 Å². The van der Waals surface area contributed by atoms with Crippen molar-refractivity contribution in [3.63, 3.8) is 0 Å². The van der Waals surface area contributed by atoms with Crippen LogP contribution in [0.4, 0.5) is 0 Å². The molecule has 2 aliphatic rings. The van der Waals surface area contributed by atoms with Gasteiger partial charge in [-0.3, -0.25) is 4.79 Å². The fraction of sp³-hybridized carbons (Fsp3) is 0.259. The highest BCUT2D eigenvalue weighted by Gasteiger charge is 2.51. The number of carbonyl (C=O) groups excluding carboxylic acids is 6. The molecule has 18 nitrogen and oxygen atoms in total. The molecule has 2 unspecified atom stereocenters. The van der Waals surface area contributed by atoms with E-state index in [9.17, 15) is 34.0 Å². The predicted molar refractivity (Wildman–Crippen MR) is 255 cm³/mol. The van der Waals surface area contributed by atoms with Crippen LogP contribution in [0.1, 0.15) is 57.5 Å². The summed E-state index contributed by atoms with van der Waals surface area (Å²) in [6, 6.07) is 26.4. The van der Waals surface area contributed by atoms with Crippen LogP contribution in [0.15, 0.2) is 134 Å². The summed E-state index contributed by atoms with van der Waals surface area (Å²) < 4.78 is 55.0. The van der Waals surface area contributed by atoms with Crippen molar-refractivity contribution in [3.05, 3.63) is 167 Å². The lowest BCUT2D eigenvalue weighted by Crippen LogP contribution is -2.36. The van der Waals surface area contributed by atoms with Crippen molar-refractivity contribution in [2.75, 3.05) is 39.6 Å². The van der Waals surface area contributed by atoms with Crippen molar-refractivity contribution < 1.29 is 76.1 Å². The normalized spacial score (nSPS) is 16.9. The maximum Gasteiger partial charge on any atom is 0.354 e. The van der Waals surface area contributed by atoms with Gasteiger partial charge in [0.15, 0.2) is 12.2 Å². The number of rotatable bonds is 24. The third-order valence-electron chi connectivity index (χ3n) is 10.6. The van der Waals surface area contributed by atoms with Gasteiger partial charge in [0, 0.05) is 12.2 Å². The van der Waals surface area contributed by atoms with Crippen LogP contribution < -0.4 is 18.9 Å². The number of nitriles is 1. The van der Waals surface area contributed by atoms with Crippen LogP contribution >= 0.6 is 0 Å². The zero-order chi connectivity index (χ0) is 51.2. The van der Waals surface area contributed by atoms with Crippen molar-refractivity contribution in [1.29, 1.82) is 5.26 Å². The topological polar surface area (TPSA) is 223 Å². The van der Waals surface area contributed by atoms with Gasteiger partial charge in [-0.2, -0.15) is 5.26 Å². The smallest absolute Gasteiger partial charge is 0.354 e. The fourth-order valence-corrected chi connectivity index (χ4v) is 6.85. The van der Waals surface area contributed by atoms with Gasteiger partial charge < -0.3 is 47.4 Å². The summed E-state index contributed by atoms with van der Waals surface area (Å²) in [6.07, 6.45) is 4.41. The van der Waals surface area contributed by atoms with Gasteiger partial charge in [0.05, 0.1) is 57.3 Å². The SMILES string of the molecule is [C-]#[N+]/C(=C\c1ccc(OCCCCOC(=O)C=C)cc1)C(=O)Oc1ccc(C(=O)O[C@H]2COC3C2OC[C@H]3OC(=O)c2ccc(OC(=O)/C(C#N)=C/c3ccc(OCCCCOC(=O)C=C)cc3)cc2)cc1. The van der Waals surface area contributed by atoms with E-state index in [1.807, 2.05) is 6.07 Å². The number of benzene rings is 4. The molecule has 0 aromatic heterocycles. The summed E-state index contributed by atoms with van der Waals surface area (Å²) in [5, 5.41) is 9.66. The molecule has 0 spiro atoms. The van der Waals surface area contributed by atoms with Gasteiger partial charge in [-0.05, 0) is 122 Å². The molecule has 72 heavy (non-hydrogen) atoms. The Bertz CT molecular complexity index is 2540. The first-order chi connectivity index (χ1) is 35.0. The molecular formula is C54H48N2O16. The largest absolute Gasteiger partial charge is 0.494 e. The number of hydrogen-bond donors (Lipinski definition) is 0. The Kier molecular flexibility index (Phi) is 19.5. The first-order valence-corrected chi connectivity index (χ1v) is 22.5. The Balaban J connectivity index is 0.911.